The molecule has 0 spiro atoms. The summed E-state index contributed by atoms with van der Waals surface area (Å²) < 4.78 is 13.8. The zero-order chi connectivity index (χ0) is 17.1. The zero-order valence-electron chi connectivity index (χ0n) is 11.1. The molecule has 2 rings (SSSR count). The molecule has 11 heteroatoms. The Hall–Kier alpha value is -2.52. The van der Waals surface area contributed by atoms with E-state index in [4.69, 9.17) is 23.2 Å². The maximum atomic E-state index is 13.0. The van der Waals surface area contributed by atoms with E-state index in [0.717, 1.165) is 23.0 Å². The summed E-state index contributed by atoms with van der Waals surface area (Å²) in [6, 6.07) is 2.65. The van der Waals surface area contributed by atoms with Crippen LogP contribution in [0.1, 0.15) is 0 Å². The normalized spacial score (nSPS) is 10.4. The first-order valence-electron chi connectivity index (χ1n) is 5.94. The van der Waals surface area contributed by atoms with E-state index in [-0.39, 0.29) is 15.7 Å². The molecule has 1 heterocycles. The van der Waals surface area contributed by atoms with E-state index < -0.39 is 34.4 Å². The van der Waals surface area contributed by atoms with Gasteiger partial charge < -0.3 is 5.32 Å². The largest absolute Gasteiger partial charge is 0.319 e. The van der Waals surface area contributed by atoms with Gasteiger partial charge in [0, 0.05) is 0 Å². The summed E-state index contributed by atoms with van der Waals surface area (Å²) in [5, 5.41) is 16.3. The van der Waals surface area contributed by atoms with Gasteiger partial charge in [-0.3, -0.25) is 19.7 Å². The highest BCUT2D eigenvalue weighted by Crippen LogP contribution is 2.24. The first kappa shape index (κ1) is 16.8. The number of anilines is 1. The molecule has 8 nitrogen and oxygen atoms in total. The highest BCUT2D eigenvalue weighted by molar-refractivity contribution is 6.41. The Kier molecular flexibility index (Phi) is 4.92. The van der Waals surface area contributed by atoms with Gasteiger partial charge in [0.1, 0.15) is 23.1 Å². The van der Waals surface area contributed by atoms with Gasteiger partial charge in [0.2, 0.25) is 5.91 Å². The Labute approximate surface area is 137 Å². The maximum absolute atomic E-state index is 13.0. The minimum atomic E-state index is -0.845. The number of benzene rings is 1. The van der Waals surface area contributed by atoms with Crippen molar-refractivity contribution in [1.82, 2.24) is 9.78 Å². The summed E-state index contributed by atoms with van der Waals surface area (Å²) in [5.74, 6) is -1.61. The average Bonchev–Trinajstić information content (AvgIpc) is 2.49. The van der Waals surface area contributed by atoms with Crippen molar-refractivity contribution in [1.29, 1.82) is 0 Å². The standard InChI is InChI=1S/C12H7Cl2FN4O4/c13-7-4-16-18(12(21)11(7)14)5-10(20)17-8-2-1-6(15)3-9(8)19(22)23/h1-4H,5H2,(H,17,20). The van der Waals surface area contributed by atoms with E-state index in [1.165, 1.54) is 0 Å². The van der Waals surface area contributed by atoms with Crippen LogP contribution in [0.15, 0.2) is 29.2 Å². The van der Waals surface area contributed by atoms with Gasteiger partial charge in [0.15, 0.2) is 0 Å². The highest BCUT2D eigenvalue weighted by atomic mass is 35.5. The molecule has 0 saturated carbocycles. The van der Waals surface area contributed by atoms with Gasteiger partial charge >= 0.3 is 0 Å². The third-order valence-electron chi connectivity index (χ3n) is 2.67. The molecule has 0 fully saturated rings. The molecule has 0 aliphatic rings. The van der Waals surface area contributed by atoms with Crippen molar-refractivity contribution >= 4 is 40.5 Å². The second kappa shape index (κ2) is 6.71. The molecule has 2 aromatic rings. The summed E-state index contributed by atoms with van der Waals surface area (Å²) >= 11 is 11.2. The molecule has 23 heavy (non-hydrogen) atoms. The van der Waals surface area contributed by atoms with E-state index in [2.05, 4.69) is 10.4 Å². The van der Waals surface area contributed by atoms with Crippen LogP contribution in [0, 0.1) is 15.9 Å². The molecule has 0 unspecified atom stereocenters. The van der Waals surface area contributed by atoms with E-state index in [9.17, 15) is 24.1 Å². The minimum Gasteiger partial charge on any atom is -0.319 e. The Morgan fingerprint density at radius 3 is 2.78 bits per heavy atom. The fourth-order valence-corrected chi connectivity index (χ4v) is 1.92. The number of carbonyl (C=O) groups excluding carboxylic acids is 1. The monoisotopic (exact) mass is 360 g/mol. The predicted octanol–water partition coefficient (Wildman–Crippen LogP) is 2.24. The fraction of sp³-hybridized carbons (Fsp3) is 0.0833. The van der Waals surface area contributed by atoms with Crippen LogP contribution < -0.4 is 10.9 Å². The number of carbonyl (C=O) groups is 1. The van der Waals surface area contributed by atoms with Crippen molar-refractivity contribution in [3.63, 3.8) is 0 Å². The second-order valence-corrected chi connectivity index (χ2v) is 5.02. The molecule has 1 aromatic carbocycles. The number of nitrogens with one attached hydrogen (secondary N) is 1. The summed E-state index contributed by atoms with van der Waals surface area (Å²) in [6.45, 7) is -0.551. The summed E-state index contributed by atoms with van der Waals surface area (Å²) in [4.78, 5) is 33.6. The van der Waals surface area contributed by atoms with Gasteiger partial charge in [0.25, 0.3) is 11.2 Å². The maximum Gasteiger partial charge on any atom is 0.295 e. The number of amides is 1. The van der Waals surface area contributed by atoms with Gasteiger partial charge in [0.05, 0.1) is 22.2 Å². The average molecular weight is 361 g/mol. The number of hydrogen-bond acceptors (Lipinski definition) is 5. The van der Waals surface area contributed by atoms with Crippen LogP contribution in [-0.4, -0.2) is 20.6 Å². The Morgan fingerprint density at radius 1 is 1.43 bits per heavy atom. The van der Waals surface area contributed by atoms with Crippen molar-refractivity contribution in [2.24, 2.45) is 0 Å². The van der Waals surface area contributed by atoms with Gasteiger partial charge in [-0.15, -0.1) is 0 Å². The van der Waals surface area contributed by atoms with Crippen molar-refractivity contribution in [2.75, 3.05) is 5.32 Å². The van der Waals surface area contributed by atoms with Crippen LogP contribution in [-0.2, 0) is 11.3 Å². The molecular weight excluding hydrogens is 354 g/mol. The molecular formula is C12H7Cl2FN4O4. The topological polar surface area (TPSA) is 107 Å². The third kappa shape index (κ3) is 3.82. The Morgan fingerprint density at radius 2 is 2.13 bits per heavy atom. The predicted molar refractivity (Wildman–Crippen MR) is 80.2 cm³/mol. The fourth-order valence-electron chi connectivity index (χ4n) is 1.64. The van der Waals surface area contributed by atoms with Crippen molar-refractivity contribution < 1.29 is 14.1 Å². The quantitative estimate of drug-likeness (QED) is 0.664. The van der Waals surface area contributed by atoms with E-state index >= 15 is 0 Å². The molecule has 0 atom stereocenters. The summed E-state index contributed by atoms with van der Waals surface area (Å²) in [6.07, 6.45) is 1.08. The van der Waals surface area contributed by atoms with Gasteiger partial charge in [-0.25, -0.2) is 9.07 Å². The van der Waals surface area contributed by atoms with Crippen LogP contribution in [0.2, 0.25) is 10.0 Å². The number of hydrogen-bond donors (Lipinski definition) is 1. The molecule has 0 aliphatic carbocycles. The van der Waals surface area contributed by atoms with E-state index in [0.29, 0.717) is 6.07 Å². The second-order valence-electron chi connectivity index (χ2n) is 4.24. The summed E-state index contributed by atoms with van der Waals surface area (Å²) in [5.41, 5.74) is -1.62. The summed E-state index contributed by atoms with van der Waals surface area (Å²) in [7, 11) is 0. The Balaban J connectivity index is 2.23. The first-order chi connectivity index (χ1) is 10.8. The number of nitrogens with zero attached hydrogens (tertiary/aromatic N) is 3. The zero-order valence-corrected chi connectivity index (χ0v) is 12.6. The number of rotatable bonds is 4. The smallest absolute Gasteiger partial charge is 0.295 e. The van der Waals surface area contributed by atoms with Crippen LogP contribution >= 0.6 is 23.2 Å². The molecule has 1 N–H and O–H groups in total. The van der Waals surface area contributed by atoms with Crippen molar-refractivity contribution in [3.05, 3.63) is 60.7 Å². The van der Waals surface area contributed by atoms with Crippen LogP contribution in [0.4, 0.5) is 15.8 Å². The lowest BCUT2D eigenvalue weighted by Gasteiger charge is -2.07. The number of nitro benzene ring substituents is 1. The molecule has 1 aromatic heterocycles. The first-order valence-corrected chi connectivity index (χ1v) is 6.70. The Bertz CT molecular complexity index is 855. The van der Waals surface area contributed by atoms with Crippen molar-refractivity contribution in [3.8, 4) is 0 Å². The lowest BCUT2D eigenvalue weighted by atomic mass is 10.2. The van der Waals surface area contributed by atoms with Gasteiger partial charge in [-0.2, -0.15) is 5.10 Å². The number of aromatic nitrogens is 2. The van der Waals surface area contributed by atoms with Crippen LogP contribution in [0.3, 0.4) is 0 Å². The van der Waals surface area contributed by atoms with E-state index in [1.54, 1.807) is 0 Å². The van der Waals surface area contributed by atoms with Gasteiger partial charge in [-0.1, -0.05) is 23.2 Å². The SMILES string of the molecule is O=C(Cn1ncc(Cl)c(Cl)c1=O)Nc1ccc(F)cc1[N+](=O)[O-]. The number of nitro groups is 1. The molecule has 0 radical (unpaired) electrons. The molecule has 0 bridgehead atoms. The number of halogens is 3. The minimum absolute atomic E-state index is 0.0671. The lowest BCUT2D eigenvalue weighted by molar-refractivity contribution is -0.384. The third-order valence-corrected chi connectivity index (χ3v) is 3.41. The van der Waals surface area contributed by atoms with E-state index in [1.807, 2.05) is 0 Å². The highest BCUT2D eigenvalue weighted by Gasteiger charge is 2.18. The molecule has 0 saturated heterocycles. The van der Waals surface area contributed by atoms with Crippen molar-refractivity contribution in [2.45, 2.75) is 6.54 Å². The lowest BCUT2D eigenvalue weighted by Crippen LogP contribution is -2.30. The van der Waals surface area contributed by atoms with Gasteiger partial charge in [-0.05, 0) is 12.1 Å². The molecule has 1 amide bonds. The van der Waals surface area contributed by atoms with Crippen LogP contribution in [0.25, 0.3) is 0 Å². The van der Waals surface area contributed by atoms with Crippen LogP contribution in [0.5, 0.6) is 0 Å². The molecule has 0 aliphatic heterocycles. The molecule has 120 valence electrons.